The number of halogens is 2. The zero-order valence-electron chi connectivity index (χ0n) is 17.7. The SMILES string of the molecule is O=C(Nc1ccccc1F)[C@H]1Sc2nnc(COc3ccccc3)n2N[C@@H]1c1ccc(F)cc1. The van der Waals surface area contributed by atoms with Crippen LogP contribution in [-0.4, -0.2) is 26.0 Å². The van der Waals surface area contributed by atoms with Gasteiger partial charge in [0.05, 0.1) is 11.7 Å². The van der Waals surface area contributed by atoms with Gasteiger partial charge >= 0.3 is 0 Å². The minimum Gasteiger partial charge on any atom is -0.486 e. The van der Waals surface area contributed by atoms with Crippen molar-refractivity contribution in [2.24, 2.45) is 0 Å². The monoisotopic (exact) mass is 479 g/mol. The Morgan fingerprint density at radius 3 is 2.50 bits per heavy atom. The van der Waals surface area contributed by atoms with Crippen molar-refractivity contribution in [3.63, 3.8) is 0 Å². The molecule has 2 N–H and O–H groups in total. The van der Waals surface area contributed by atoms with E-state index in [0.29, 0.717) is 22.3 Å². The van der Waals surface area contributed by atoms with Crippen molar-refractivity contribution in [1.29, 1.82) is 0 Å². The van der Waals surface area contributed by atoms with Gasteiger partial charge in [-0.2, -0.15) is 0 Å². The van der Waals surface area contributed by atoms with E-state index in [1.807, 2.05) is 30.3 Å². The summed E-state index contributed by atoms with van der Waals surface area (Å²) in [4.78, 5) is 13.2. The maximum Gasteiger partial charge on any atom is 0.240 e. The standard InChI is InChI=1S/C24H19F2N5O2S/c25-16-12-10-15(11-13-16)21-22(23(32)27-19-9-5-4-8-18(19)26)34-24-29-28-20(31(24)30-21)14-33-17-6-2-1-3-7-17/h1-13,21-22,30H,14H2,(H,27,32)/t21-,22+/m1/s1. The van der Waals surface area contributed by atoms with Gasteiger partial charge in [-0.15, -0.1) is 10.2 Å². The number of rotatable bonds is 6. The van der Waals surface area contributed by atoms with Gasteiger partial charge in [-0.25, -0.2) is 13.5 Å². The van der Waals surface area contributed by atoms with Gasteiger partial charge in [0, 0.05) is 0 Å². The number of ether oxygens (including phenoxy) is 1. The molecule has 0 unspecified atom stereocenters. The highest BCUT2D eigenvalue weighted by atomic mass is 32.2. The van der Waals surface area contributed by atoms with Crippen molar-refractivity contribution in [3.8, 4) is 5.75 Å². The number of carbonyl (C=O) groups is 1. The summed E-state index contributed by atoms with van der Waals surface area (Å²) in [6, 6.07) is 20.5. The van der Waals surface area contributed by atoms with Crippen LogP contribution in [0.1, 0.15) is 17.4 Å². The van der Waals surface area contributed by atoms with E-state index in [4.69, 9.17) is 4.74 Å². The molecule has 0 aliphatic carbocycles. The fraction of sp³-hybridized carbons (Fsp3) is 0.125. The normalized spacial score (nSPS) is 16.9. The molecular weight excluding hydrogens is 460 g/mol. The number of benzene rings is 3. The van der Waals surface area contributed by atoms with Crippen LogP contribution in [0.4, 0.5) is 14.5 Å². The van der Waals surface area contributed by atoms with Gasteiger partial charge in [0.1, 0.15) is 29.2 Å². The maximum absolute atomic E-state index is 14.1. The number of nitrogens with one attached hydrogen (secondary N) is 2. The van der Waals surface area contributed by atoms with Crippen molar-refractivity contribution < 1.29 is 18.3 Å². The molecule has 2 heterocycles. The molecule has 4 aromatic rings. The molecule has 3 aromatic carbocycles. The highest BCUT2D eigenvalue weighted by Crippen LogP contribution is 2.38. The van der Waals surface area contributed by atoms with E-state index in [1.54, 1.807) is 28.9 Å². The molecule has 0 saturated carbocycles. The first-order valence-corrected chi connectivity index (χ1v) is 11.3. The van der Waals surface area contributed by atoms with E-state index >= 15 is 0 Å². The molecule has 10 heteroatoms. The molecule has 0 radical (unpaired) electrons. The van der Waals surface area contributed by atoms with Crippen LogP contribution in [0.3, 0.4) is 0 Å². The van der Waals surface area contributed by atoms with Gasteiger partial charge in [0.25, 0.3) is 0 Å². The van der Waals surface area contributed by atoms with Crippen LogP contribution < -0.4 is 15.5 Å². The predicted octanol–water partition coefficient (Wildman–Crippen LogP) is 4.53. The molecule has 0 spiro atoms. The van der Waals surface area contributed by atoms with Gasteiger partial charge in [-0.3, -0.25) is 4.79 Å². The van der Waals surface area contributed by atoms with Crippen LogP contribution in [0.5, 0.6) is 5.75 Å². The topological polar surface area (TPSA) is 81.1 Å². The Morgan fingerprint density at radius 1 is 1.00 bits per heavy atom. The number of nitrogens with zero attached hydrogens (tertiary/aromatic N) is 3. The fourth-order valence-corrected chi connectivity index (χ4v) is 4.64. The van der Waals surface area contributed by atoms with E-state index in [9.17, 15) is 13.6 Å². The first kappa shape index (κ1) is 21.9. The molecule has 172 valence electrons. The number of fused-ring (bicyclic) bond motifs is 1. The number of carbonyl (C=O) groups excluding carboxylic acids is 1. The Balaban J connectivity index is 1.43. The quantitative estimate of drug-likeness (QED) is 0.423. The van der Waals surface area contributed by atoms with Crippen molar-refractivity contribution in [2.75, 3.05) is 10.7 Å². The van der Waals surface area contributed by atoms with Crippen molar-refractivity contribution in [2.45, 2.75) is 23.1 Å². The van der Waals surface area contributed by atoms with Crippen LogP contribution >= 0.6 is 11.8 Å². The lowest BCUT2D eigenvalue weighted by molar-refractivity contribution is -0.116. The Labute approximate surface area is 198 Å². The lowest BCUT2D eigenvalue weighted by Gasteiger charge is -2.33. The number of anilines is 1. The van der Waals surface area contributed by atoms with Crippen molar-refractivity contribution in [3.05, 3.63) is 102 Å². The summed E-state index contributed by atoms with van der Waals surface area (Å²) in [5.74, 6) is -0.159. The fourth-order valence-electron chi connectivity index (χ4n) is 3.54. The second-order valence-electron chi connectivity index (χ2n) is 7.50. The number of aromatic nitrogens is 3. The number of amides is 1. The molecule has 34 heavy (non-hydrogen) atoms. The number of hydrogen-bond donors (Lipinski definition) is 2. The summed E-state index contributed by atoms with van der Waals surface area (Å²) in [6.07, 6.45) is 0. The molecule has 5 rings (SSSR count). The van der Waals surface area contributed by atoms with Crippen LogP contribution in [-0.2, 0) is 11.4 Å². The second-order valence-corrected chi connectivity index (χ2v) is 8.61. The van der Waals surface area contributed by atoms with Gasteiger partial charge < -0.3 is 15.5 Å². The minimum atomic E-state index is -0.732. The minimum absolute atomic E-state index is 0.0787. The zero-order chi connectivity index (χ0) is 23.5. The third-order valence-electron chi connectivity index (χ3n) is 5.23. The van der Waals surface area contributed by atoms with Gasteiger partial charge in [-0.05, 0) is 42.0 Å². The van der Waals surface area contributed by atoms with E-state index in [2.05, 4.69) is 20.9 Å². The summed E-state index contributed by atoms with van der Waals surface area (Å²) in [7, 11) is 0. The van der Waals surface area contributed by atoms with Gasteiger partial charge in [0.15, 0.2) is 5.82 Å². The zero-order valence-corrected chi connectivity index (χ0v) is 18.5. The average molecular weight is 480 g/mol. The number of hydrogen-bond acceptors (Lipinski definition) is 6. The Morgan fingerprint density at radius 2 is 1.74 bits per heavy atom. The Bertz CT molecular complexity index is 1300. The highest BCUT2D eigenvalue weighted by Gasteiger charge is 2.38. The molecule has 0 bridgehead atoms. The van der Waals surface area contributed by atoms with E-state index in [1.165, 1.54) is 36.0 Å². The summed E-state index contributed by atoms with van der Waals surface area (Å²) < 4.78 is 35.2. The summed E-state index contributed by atoms with van der Waals surface area (Å²) in [6.45, 7) is 0.146. The molecule has 1 aromatic heterocycles. The predicted molar refractivity (Wildman–Crippen MR) is 124 cm³/mol. The molecule has 1 aliphatic heterocycles. The lowest BCUT2D eigenvalue weighted by atomic mass is 10.0. The highest BCUT2D eigenvalue weighted by molar-refractivity contribution is 8.00. The van der Waals surface area contributed by atoms with Crippen LogP contribution in [0.25, 0.3) is 0 Å². The summed E-state index contributed by atoms with van der Waals surface area (Å²) in [5, 5.41) is 10.8. The first-order chi connectivity index (χ1) is 16.6. The van der Waals surface area contributed by atoms with E-state index in [0.717, 1.165) is 0 Å². The van der Waals surface area contributed by atoms with Crippen LogP contribution in [0, 0.1) is 11.6 Å². The van der Waals surface area contributed by atoms with Crippen molar-refractivity contribution in [1.82, 2.24) is 14.9 Å². The van der Waals surface area contributed by atoms with Crippen LogP contribution in [0.2, 0.25) is 0 Å². The Kier molecular flexibility index (Phi) is 6.13. The third-order valence-corrected chi connectivity index (χ3v) is 6.45. The smallest absolute Gasteiger partial charge is 0.240 e. The number of thioether (sulfide) groups is 1. The first-order valence-electron chi connectivity index (χ1n) is 10.4. The summed E-state index contributed by atoms with van der Waals surface area (Å²) in [5.41, 5.74) is 4.02. The summed E-state index contributed by atoms with van der Waals surface area (Å²) >= 11 is 1.18. The molecular formula is C24H19F2N5O2S. The van der Waals surface area contributed by atoms with E-state index in [-0.39, 0.29) is 18.1 Å². The molecule has 2 atom stereocenters. The number of para-hydroxylation sites is 2. The third kappa shape index (κ3) is 4.58. The maximum atomic E-state index is 14.1. The van der Waals surface area contributed by atoms with Crippen molar-refractivity contribution >= 4 is 23.4 Å². The largest absolute Gasteiger partial charge is 0.486 e. The molecule has 7 nitrogen and oxygen atoms in total. The Hall–Kier alpha value is -3.92. The molecule has 0 saturated heterocycles. The van der Waals surface area contributed by atoms with E-state index < -0.39 is 23.0 Å². The molecule has 1 amide bonds. The molecule has 0 fully saturated rings. The second kappa shape index (κ2) is 9.52. The van der Waals surface area contributed by atoms with Crippen LogP contribution in [0.15, 0.2) is 84.0 Å². The lowest BCUT2D eigenvalue weighted by Crippen LogP contribution is -2.41. The average Bonchev–Trinajstić information content (AvgIpc) is 3.26. The van der Waals surface area contributed by atoms with Gasteiger partial charge in [-0.1, -0.05) is 54.2 Å². The molecule has 1 aliphatic rings. The van der Waals surface area contributed by atoms with Gasteiger partial charge in [0.2, 0.25) is 11.1 Å².